The van der Waals surface area contributed by atoms with Gasteiger partial charge in [-0.3, -0.25) is 4.79 Å². The first-order valence-corrected chi connectivity index (χ1v) is 10.3. The monoisotopic (exact) mass is 472 g/mol. The highest BCUT2D eigenvalue weighted by Crippen LogP contribution is 2.25. The highest BCUT2D eigenvalue weighted by Gasteiger charge is 2.14. The number of amides is 1. The molecule has 0 fully saturated rings. The minimum atomic E-state index is -0.470. The molecule has 152 valence electrons. The number of carbonyl (C=O) groups is 2. The van der Waals surface area contributed by atoms with E-state index in [9.17, 15) is 9.59 Å². The van der Waals surface area contributed by atoms with Gasteiger partial charge in [0.2, 0.25) is 0 Å². The number of nitrogens with one attached hydrogen (secondary N) is 1. The second kappa shape index (κ2) is 9.36. The third-order valence-electron chi connectivity index (χ3n) is 4.59. The Morgan fingerprint density at radius 3 is 2.45 bits per heavy atom. The van der Waals surface area contributed by atoms with Crippen molar-refractivity contribution in [3.8, 4) is 5.75 Å². The molecule has 0 heterocycles. The van der Waals surface area contributed by atoms with E-state index < -0.39 is 5.97 Å². The molecule has 0 aliphatic heterocycles. The summed E-state index contributed by atoms with van der Waals surface area (Å²) >= 11 is 3.41. The molecule has 0 bridgehead atoms. The van der Waals surface area contributed by atoms with Gasteiger partial charge in [0.05, 0.1) is 11.8 Å². The molecule has 0 saturated heterocycles. The topological polar surface area (TPSA) is 67.8 Å². The standard InChI is InChI=1S/C25H17BrN2O3/c26-20-13-14-23(19(15-20)16-27-28-24(29)18-8-2-1-3-9-18)31-25(30)22-12-6-10-17-7-4-5-11-21(17)22/h1-16H,(H,28,29)/b27-16-. The maximum atomic E-state index is 12.9. The zero-order chi connectivity index (χ0) is 21.6. The zero-order valence-corrected chi connectivity index (χ0v) is 17.9. The second-order valence-corrected chi connectivity index (χ2v) is 7.58. The zero-order valence-electron chi connectivity index (χ0n) is 16.3. The van der Waals surface area contributed by atoms with Gasteiger partial charge in [-0.2, -0.15) is 5.10 Å². The smallest absolute Gasteiger partial charge is 0.344 e. The van der Waals surface area contributed by atoms with Crippen molar-refractivity contribution in [2.75, 3.05) is 0 Å². The predicted octanol–water partition coefficient (Wildman–Crippen LogP) is 5.59. The highest BCUT2D eigenvalue weighted by molar-refractivity contribution is 9.10. The minimum Gasteiger partial charge on any atom is -0.422 e. The number of benzene rings is 4. The summed E-state index contributed by atoms with van der Waals surface area (Å²) in [4.78, 5) is 25.0. The number of halogens is 1. The first kappa shape index (κ1) is 20.5. The molecule has 6 heteroatoms. The Morgan fingerprint density at radius 1 is 0.871 bits per heavy atom. The average Bonchev–Trinajstić information content (AvgIpc) is 2.80. The van der Waals surface area contributed by atoms with Crippen molar-refractivity contribution in [1.29, 1.82) is 0 Å². The van der Waals surface area contributed by atoms with Gasteiger partial charge >= 0.3 is 5.97 Å². The van der Waals surface area contributed by atoms with E-state index in [2.05, 4.69) is 26.5 Å². The molecule has 31 heavy (non-hydrogen) atoms. The van der Waals surface area contributed by atoms with Crippen molar-refractivity contribution in [1.82, 2.24) is 5.43 Å². The molecule has 1 amide bonds. The van der Waals surface area contributed by atoms with Gasteiger partial charge < -0.3 is 4.74 Å². The molecule has 0 atom stereocenters. The SMILES string of the molecule is O=C(N/N=C\c1cc(Br)ccc1OC(=O)c1cccc2ccccc12)c1ccccc1. The van der Waals surface area contributed by atoms with Gasteiger partial charge in [-0.1, -0.05) is 70.5 Å². The number of esters is 1. The van der Waals surface area contributed by atoms with Gasteiger partial charge in [0.15, 0.2) is 0 Å². The first-order valence-electron chi connectivity index (χ1n) is 9.50. The van der Waals surface area contributed by atoms with Crippen LogP contribution < -0.4 is 10.2 Å². The van der Waals surface area contributed by atoms with Crippen LogP contribution in [0.25, 0.3) is 10.8 Å². The lowest BCUT2D eigenvalue weighted by molar-refractivity contribution is 0.0736. The number of rotatable bonds is 5. The lowest BCUT2D eigenvalue weighted by Gasteiger charge is -2.10. The Kier molecular flexibility index (Phi) is 6.19. The summed E-state index contributed by atoms with van der Waals surface area (Å²) in [6, 6.07) is 27.1. The fraction of sp³-hybridized carbons (Fsp3) is 0. The van der Waals surface area contributed by atoms with Crippen LogP contribution in [0.5, 0.6) is 5.75 Å². The van der Waals surface area contributed by atoms with E-state index in [-0.39, 0.29) is 5.91 Å². The Balaban J connectivity index is 1.55. The van der Waals surface area contributed by atoms with Crippen molar-refractivity contribution in [2.24, 2.45) is 5.10 Å². The molecule has 0 saturated carbocycles. The molecular weight excluding hydrogens is 456 g/mol. The fourth-order valence-corrected chi connectivity index (χ4v) is 3.46. The molecule has 4 aromatic carbocycles. The normalized spacial score (nSPS) is 10.9. The van der Waals surface area contributed by atoms with E-state index in [0.717, 1.165) is 15.2 Å². The highest BCUT2D eigenvalue weighted by atomic mass is 79.9. The molecule has 0 spiro atoms. The van der Waals surface area contributed by atoms with Crippen molar-refractivity contribution in [3.63, 3.8) is 0 Å². The first-order chi connectivity index (χ1) is 15.1. The van der Waals surface area contributed by atoms with Gasteiger partial charge in [-0.25, -0.2) is 10.2 Å². The molecule has 0 radical (unpaired) electrons. The summed E-state index contributed by atoms with van der Waals surface area (Å²) in [6.07, 6.45) is 1.44. The number of fused-ring (bicyclic) bond motifs is 1. The van der Waals surface area contributed by atoms with Crippen LogP contribution in [-0.2, 0) is 0 Å². The van der Waals surface area contributed by atoms with E-state index in [1.807, 2.05) is 42.5 Å². The number of hydrogen-bond acceptors (Lipinski definition) is 4. The van der Waals surface area contributed by atoms with E-state index in [0.29, 0.717) is 22.4 Å². The van der Waals surface area contributed by atoms with Crippen molar-refractivity contribution in [2.45, 2.75) is 0 Å². The van der Waals surface area contributed by atoms with E-state index in [1.165, 1.54) is 6.21 Å². The largest absolute Gasteiger partial charge is 0.422 e. The summed E-state index contributed by atoms with van der Waals surface area (Å²) in [5, 5.41) is 5.79. The molecule has 5 nitrogen and oxygen atoms in total. The Labute approximate surface area is 187 Å². The molecule has 0 aromatic heterocycles. The van der Waals surface area contributed by atoms with Crippen LogP contribution in [0.15, 0.2) is 101 Å². The predicted molar refractivity (Wildman–Crippen MR) is 125 cm³/mol. The van der Waals surface area contributed by atoms with Crippen LogP contribution in [0.1, 0.15) is 26.3 Å². The Hall–Kier alpha value is -3.77. The number of hydrazone groups is 1. The molecule has 4 aromatic rings. The van der Waals surface area contributed by atoms with Crippen LogP contribution in [-0.4, -0.2) is 18.1 Å². The summed E-state index contributed by atoms with van der Waals surface area (Å²) in [6.45, 7) is 0. The fourth-order valence-electron chi connectivity index (χ4n) is 3.09. The molecule has 1 N–H and O–H groups in total. The maximum absolute atomic E-state index is 12.9. The average molecular weight is 473 g/mol. The Bertz CT molecular complexity index is 1280. The number of hydrogen-bond donors (Lipinski definition) is 1. The molecule has 0 aliphatic carbocycles. The van der Waals surface area contributed by atoms with Gasteiger partial charge in [0.1, 0.15) is 5.75 Å². The lowest BCUT2D eigenvalue weighted by atomic mass is 10.0. The van der Waals surface area contributed by atoms with Crippen LogP contribution in [0.2, 0.25) is 0 Å². The Morgan fingerprint density at radius 2 is 1.61 bits per heavy atom. The summed E-state index contributed by atoms with van der Waals surface area (Å²) < 4.78 is 6.46. The number of nitrogens with zero attached hydrogens (tertiary/aromatic N) is 1. The van der Waals surface area contributed by atoms with E-state index >= 15 is 0 Å². The third-order valence-corrected chi connectivity index (χ3v) is 5.08. The molecular formula is C25H17BrN2O3. The van der Waals surface area contributed by atoms with Gasteiger partial charge in [0.25, 0.3) is 5.91 Å². The number of ether oxygens (including phenoxy) is 1. The maximum Gasteiger partial charge on any atom is 0.344 e. The molecule has 0 unspecified atom stereocenters. The quantitative estimate of drug-likeness (QED) is 0.178. The summed E-state index contributed by atoms with van der Waals surface area (Å²) in [5.74, 6) is -0.470. The van der Waals surface area contributed by atoms with Gasteiger partial charge in [-0.15, -0.1) is 0 Å². The molecule has 0 aliphatic rings. The van der Waals surface area contributed by atoms with Crippen LogP contribution in [0.4, 0.5) is 0 Å². The third kappa shape index (κ3) is 4.87. The summed E-state index contributed by atoms with van der Waals surface area (Å²) in [7, 11) is 0. The van der Waals surface area contributed by atoms with E-state index in [4.69, 9.17) is 4.74 Å². The second-order valence-electron chi connectivity index (χ2n) is 6.66. The molecule has 4 rings (SSSR count). The van der Waals surface area contributed by atoms with Gasteiger partial charge in [-0.05, 0) is 47.2 Å². The summed E-state index contributed by atoms with van der Waals surface area (Å²) in [5.41, 5.74) is 3.99. The van der Waals surface area contributed by atoms with Crippen LogP contribution in [0.3, 0.4) is 0 Å². The lowest BCUT2D eigenvalue weighted by Crippen LogP contribution is -2.17. The van der Waals surface area contributed by atoms with Crippen molar-refractivity contribution < 1.29 is 14.3 Å². The van der Waals surface area contributed by atoms with Gasteiger partial charge in [0, 0.05) is 15.6 Å². The van der Waals surface area contributed by atoms with E-state index in [1.54, 1.807) is 48.5 Å². The van der Waals surface area contributed by atoms with Crippen molar-refractivity contribution in [3.05, 3.63) is 112 Å². The van der Waals surface area contributed by atoms with Crippen LogP contribution >= 0.6 is 15.9 Å². The van der Waals surface area contributed by atoms with Crippen molar-refractivity contribution >= 4 is 44.8 Å². The van der Waals surface area contributed by atoms with Crippen LogP contribution in [0, 0.1) is 0 Å². The number of carbonyl (C=O) groups excluding carboxylic acids is 2. The minimum absolute atomic E-state index is 0.332.